The molecule has 0 aliphatic carbocycles. The summed E-state index contributed by atoms with van der Waals surface area (Å²) >= 11 is 0. The first kappa shape index (κ1) is 19.2. The maximum atomic E-state index is 11.9. The molecule has 7 nitrogen and oxygen atoms in total. The molecule has 1 N–H and O–H groups in total. The molecule has 0 aromatic rings. The number of sulfonamides is 1. The van der Waals surface area contributed by atoms with Crippen LogP contribution in [0.25, 0.3) is 0 Å². The second-order valence-electron chi connectivity index (χ2n) is 6.79. The summed E-state index contributed by atoms with van der Waals surface area (Å²) in [6.45, 7) is 7.25. The molecule has 0 aromatic carbocycles. The maximum Gasteiger partial charge on any atom is 0.410 e. The maximum absolute atomic E-state index is 11.9. The molecule has 1 fully saturated rings. The van der Waals surface area contributed by atoms with Gasteiger partial charge in [-0.1, -0.05) is 0 Å². The average molecular weight is 335 g/mol. The van der Waals surface area contributed by atoms with Gasteiger partial charge in [-0.25, -0.2) is 17.5 Å². The van der Waals surface area contributed by atoms with Gasteiger partial charge in [-0.05, 0) is 33.6 Å². The molecule has 1 heterocycles. The number of rotatable bonds is 5. The molecule has 0 atom stereocenters. The minimum Gasteiger partial charge on any atom is -0.444 e. The van der Waals surface area contributed by atoms with Gasteiger partial charge in [0.25, 0.3) is 0 Å². The van der Waals surface area contributed by atoms with Crippen LogP contribution in [-0.2, 0) is 14.8 Å². The van der Waals surface area contributed by atoms with Crippen LogP contribution in [0.15, 0.2) is 0 Å². The van der Waals surface area contributed by atoms with Gasteiger partial charge in [0, 0.05) is 39.8 Å². The quantitative estimate of drug-likeness (QED) is 0.806. The van der Waals surface area contributed by atoms with E-state index in [0.717, 1.165) is 12.8 Å². The van der Waals surface area contributed by atoms with Crippen molar-refractivity contribution < 1.29 is 17.9 Å². The lowest BCUT2D eigenvalue weighted by atomic mass is 10.1. The molecule has 1 aliphatic rings. The first-order valence-electron chi connectivity index (χ1n) is 7.63. The van der Waals surface area contributed by atoms with Crippen molar-refractivity contribution in [3.8, 4) is 0 Å². The molecule has 1 saturated heterocycles. The van der Waals surface area contributed by atoms with E-state index < -0.39 is 15.6 Å². The second kappa shape index (κ2) is 7.61. The van der Waals surface area contributed by atoms with Crippen molar-refractivity contribution >= 4 is 16.1 Å². The first-order chi connectivity index (χ1) is 10.0. The van der Waals surface area contributed by atoms with Crippen LogP contribution in [0.5, 0.6) is 0 Å². The number of carbonyl (C=O) groups excluding carboxylic acids is 1. The predicted molar refractivity (Wildman–Crippen MR) is 86.3 cm³/mol. The Kier molecular flexibility index (Phi) is 6.64. The fourth-order valence-corrected chi connectivity index (χ4v) is 2.91. The zero-order valence-corrected chi connectivity index (χ0v) is 15.1. The van der Waals surface area contributed by atoms with Gasteiger partial charge in [0.1, 0.15) is 5.60 Å². The van der Waals surface area contributed by atoms with E-state index >= 15 is 0 Å². The van der Waals surface area contributed by atoms with Crippen LogP contribution in [0.3, 0.4) is 0 Å². The molecular weight excluding hydrogens is 306 g/mol. The Morgan fingerprint density at radius 3 is 2.27 bits per heavy atom. The predicted octanol–water partition coefficient (Wildman–Crippen LogP) is 0.867. The Hall–Kier alpha value is -0.860. The van der Waals surface area contributed by atoms with Crippen molar-refractivity contribution in [3.63, 3.8) is 0 Å². The van der Waals surface area contributed by atoms with Crippen LogP contribution in [0.2, 0.25) is 0 Å². The highest BCUT2D eigenvalue weighted by atomic mass is 32.2. The lowest BCUT2D eigenvalue weighted by Gasteiger charge is -2.33. The SMILES string of the molecule is CN(C)S(=O)(=O)CCNC1CCN(C(=O)OC(C)(C)C)CC1. The minimum absolute atomic E-state index is 0.0896. The highest BCUT2D eigenvalue weighted by molar-refractivity contribution is 7.89. The second-order valence-corrected chi connectivity index (χ2v) is 9.10. The minimum atomic E-state index is -3.16. The van der Waals surface area contributed by atoms with Crippen LogP contribution in [0, 0.1) is 0 Å². The molecule has 1 amide bonds. The fourth-order valence-electron chi connectivity index (χ4n) is 2.17. The standard InChI is InChI=1S/C14H29N3O4S/c1-14(2,3)21-13(18)17-9-6-12(7-10-17)15-8-11-22(19,20)16(4)5/h12,15H,6-11H2,1-5H3. The van der Waals surface area contributed by atoms with Crippen LogP contribution >= 0.6 is 0 Å². The van der Waals surface area contributed by atoms with Gasteiger partial charge in [-0.3, -0.25) is 0 Å². The Balaban J connectivity index is 2.30. The van der Waals surface area contributed by atoms with Crippen LogP contribution in [0.4, 0.5) is 4.79 Å². The van der Waals surface area contributed by atoms with Crippen molar-refractivity contribution in [2.24, 2.45) is 0 Å². The van der Waals surface area contributed by atoms with E-state index in [9.17, 15) is 13.2 Å². The normalized spacial score (nSPS) is 17.8. The number of piperidine rings is 1. The third-order valence-electron chi connectivity index (χ3n) is 3.50. The number of carbonyl (C=O) groups is 1. The summed E-state index contributed by atoms with van der Waals surface area (Å²) in [5, 5.41) is 3.26. The van der Waals surface area contributed by atoms with Crippen LogP contribution < -0.4 is 5.32 Å². The van der Waals surface area contributed by atoms with Gasteiger partial charge in [0.15, 0.2) is 0 Å². The van der Waals surface area contributed by atoms with E-state index in [4.69, 9.17) is 4.74 Å². The van der Waals surface area contributed by atoms with Gasteiger partial charge in [0.2, 0.25) is 10.0 Å². The summed E-state index contributed by atoms with van der Waals surface area (Å²) in [6, 6.07) is 0.246. The van der Waals surface area contributed by atoms with Gasteiger partial charge < -0.3 is 15.0 Å². The number of nitrogens with one attached hydrogen (secondary N) is 1. The van der Waals surface area contributed by atoms with Crippen molar-refractivity contribution in [1.29, 1.82) is 0 Å². The van der Waals surface area contributed by atoms with Gasteiger partial charge >= 0.3 is 6.09 Å². The van der Waals surface area contributed by atoms with E-state index in [1.54, 1.807) is 4.90 Å². The van der Waals surface area contributed by atoms with Crippen LogP contribution in [-0.4, -0.2) is 74.8 Å². The lowest BCUT2D eigenvalue weighted by molar-refractivity contribution is 0.0199. The molecule has 0 unspecified atom stereocenters. The summed E-state index contributed by atoms with van der Waals surface area (Å²) in [6.07, 6.45) is 1.34. The molecule has 8 heteroatoms. The molecule has 0 spiro atoms. The number of amides is 1. The van der Waals surface area contributed by atoms with E-state index in [0.29, 0.717) is 19.6 Å². The molecule has 0 radical (unpaired) electrons. The number of likely N-dealkylation sites (tertiary alicyclic amines) is 1. The Bertz CT molecular complexity index is 463. The molecule has 0 aromatic heterocycles. The number of nitrogens with zero attached hydrogens (tertiary/aromatic N) is 2. The Morgan fingerprint density at radius 1 is 1.27 bits per heavy atom. The zero-order chi connectivity index (χ0) is 17.0. The molecule has 0 saturated carbocycles. The first-order valence-corrected chi connectivity index (χ1v) is 9.24. The summed E-state index contributed by atoms with van der Waals surface area (Å²) in [4.78, 5) is 13.6. The largest absolute Gasteiger partial charge is 0.444 e. The Labute approximate surface area is 134 Å². The summed E-state index contributed by atoms with van der Waals surface area (Å²) in [7, 11) is -0.0845. The summed E-state index contributed by atoms with van der Waals surface area (Å²) in [5.41, 5.74) is -0.479. The summed E-state index contributed by atoms with van der Waals surface area (Å²) in [5.74, 6) is 0.0896. The highest BCUT2D eigenvalue weighted by Crippen LogP contribution is 2.15. The van der Waals surface area contributed by atoms with Crippen molar-refractivity contribution in [2.45, 2.75) is 45.3 Å². The molecule has 0 bridgehead atoms. The third kappa shape index (κ3) is 6.50. The van der Waals surface area contributed by atoms with E-state index in [2.05, 4.69) is 5.32 Å². The number of ether oxygens (including phenoxy) is 1. The zero-order valence-electron chi connectivity index (χ0n) is 14.3. The lowest BCUT2D eigenvalue weighted by Crippen LogP contribution is -2.47. The van der Waals surface area contributed by atoms with Crippen molar-refractivity contribution in [3.05, 3.63) is 0 Å². The monoisotopic (exact) mass is 335 g/mol. The molecular formula is C14H29N3O4S. The van der Waals surface area contributed by atoms with Crippen molar-refractivity contribution in [1.82, 2.24) is 14.5 Å². The Morgan fingerprint density at radius 2 is 1.82 bits per heavy atom. The molecule has 22 heavy (non-hydrogen) atoms. The van der Waals surface area contributed by atoms with Crippen molar-refractivity contribution in [2.75, 3.05) is 39.5 Å². The van der Waals surface area contributed by atoms with E-state index in [-0.39, 0.29) is 17.9 Å². The third-order valence-corrected chi connectivity index (χ3v) is 5.33. The molecule has 1 rings (SSSR count). The highest BCUT2D eigenvalue weighted by Gasteiger charge is 2.26. The fraction of sp³-hybridized carbons (Fsp3) is 0.929. The molecule has 130 valence electrons. The smallest absolute Gasteiger partial charge is 0.410 e. The number of hydrogen-bond acceptors (Lipinski definition) is 5. The van der Waals surface area contributed by atoms with Gasteiger partial charge in [0.05, 0.1) is 5.75 Å². The van der Waals surface area contributed by atoms with E-state index in [1.165, 1.54) is 18.4 Å². The average Bonchev–Trinajstić information content (AvgIpc) is 2.37. The van der Waals surface area contributed by atoms with Gasteiger partial charge in [-0.15, -0.1) is 0 Å². The summed E-state index contributed by atoms with van der Waals surface area (Å²) < 4.78 is 29.9. The molecule has 1 aliphatic heterocycles. The topological polar surface area (TPSA) is 79.0 Å². The number of hydrogen-bond donors (Lipinski definition) is 1. The van der Waals surface area contributed by atoms with Crippen LogP contribution in [0.1, 0.15) is 33.6 Å². The van der Waals surface area contributed by atoms with E-state index in [1.807, 2.05) is 20.8 Å². The van der Waals surface area contributed by atoms with Gasteiger partial charge in [-0.2, -0.15) is 0 Å².